The number of fused-ring (bicyclic) bond motifs is 1. The number of anilines is 3. The minimum atomic E-state index is -4.34. The summed E-state index contributed by atoms with van der Waals surface area (Å²) in [6, 6.07) is 7.01. The van der Waals surface area contributed by atoms with E-state index in [4.69, 9.17) is 10.5 Å². The van der Waals surface area contributed by atoms with Crippen molar-refractivity contribution in [3.63, 3.8) is 0 Å². The summed E-state index contributed by atoms with van der Waals surface area (Å²) in [5.74, 6) is -2.78. The summed E-state index contributed by atoms with van der Waals surface area (Å²) in [6.45, 7) is 2.79. The van der Waals surface area contributed by atoms with Gasteiger partial charge in [-0.05, 0) is 51.4 Å². The van der Waals surface area contributed by atoms with Gasteiger partial charge in [-0.25, -0.2) is 22.0 Å². The van der Waals surface area contributed by atoms with E-state index in [1.807, 2.05) is 30.9 Å². The molecule has 1 amide bonds. The van der Waals surface area contributed by atoms with Gasteiger partial charge in [-0.1, -0.05) is 0 Å². The summed E-state index contributed by atoms with van der Waals surface area (Å²) in [6.07, 6.45) is -0.785. The summed E-state index contributed by atoms with van der Waals surface area (Å²) in [4.78, 5) is 29.4. The second-order valence-electron chi connectivity index (χ2n) is 10.0. The van der Waals surface area contributed by atoms with E-state index < -0.39 is 38.6 Å². The Labute approximate surface area is 242 Å². The van der Waals surface area contributed by atoms with Gasteiger partial charge in [0.2, 0.25) is 10.0 Å². The standard InChI is InChI=1S/C27H33F2N7O5S/c1-5-41-27(38)36-24-8-9-35(42(39,40)20-13-17(28)12-18(29)14-20)16-22(24)25(32-36)31-26(37)21-7-6-19(15-23(21)30)34(4)11-10-33(2)3/h6-7,12-15H,5,8-11,16,30H2,1-4H3,(H,31,32,37). The number of sulfonamides is 1. The summed E-state index contributed by atoms with van der Waals surface area (Å²) in [7, 11) is 1.50. The lowest BCUT2D eigenvalue weighted by Crippen LogP contribution is -2.37. The number of likely N-dealkylation sites (N-methyl/N-ethyl adjacent to an activating group) is 2. The molecule has 15 heteroatoms. The summed E-state index contributed by atoms with van der Waals surface area (Å²) < 4.78 is 61.3. The van der Waals surface area contributed by atoms with Crippen LogP contribution in [0.5, 0.6) is 0 Å². The number of carbonyl (C=O) groups excluding carboxylic acids is 2. The van der Waals surface area contributed by atoms with Crippen molar-refractivity contribution in [2.24, 2.45) is 0 Å². The van der Waals surface area contributed by atoms with Gasteiger partial charge in [0.15, 0.2) is 5.82 Å². The molecule has 4 rings (SSSR count). The smallest absolute Gasteiger partial charge is 0.434 e. The maximum absolute atomic E-state index is 13.8. The van der Waals surface area contributed by atoms with E-state index in [9.17, 15) is 26.8 Å². The van der Waals surface area contributed by atoms with Gasteiger partial charge in [0.05, 0.1) is 22.8 Å². The van der Waals surface area contributed by atoms with Gasteiger partial charge in [-0.3, -0.25) is 4.79 Å². The predicted molar refractivity (Wildman–Crippen MR) is 153 cm³/mol. The molecule has 1 aliphatic heterocycles. The first-order chi connectivity index (χ1) is 19.8. The van der Waals surface area contributed by atoms with Crippen LogP contribution in [0.15, 0.2) is 41.3 Å². The molecule has 226 valence electrons. The van der Waals surface area contributed by atoms with Crippen molar-refractivity contribution >= 4 is 39.2 Å². The van der Waals surface area contributed by atoms with Crippen molar-refractivity contribution in [2.45, 2.75) is 24.8 Å². The summed E-state index contributed by atoms with van der Waals surface area (Å²) in [5, 5.41) is 6.87. The molecule has 0 spiro atoms. The molecule has 1 aromatic heterocycles. The molecule has 0 unspecified atom stereocenters. The largest absolute Gasteiger partial charge is 0.448 e. The SMILES string of the molecule is CCOC(=O)n1nc(NC(=O)c2ccc(N(C)CCN(C)C)cc2N)c2c1CCN(S(=O)(=O)c1cc(F)cc(F)c1)C2. The molecule has 1 aliphatic rings. The number of amides is 1. The van der Waals surface area contributed by atoms with Crippen LogP contribution in [0, 0.1) is 11.6 Å². The second-order valence-corrected chi connectivity index (χ2v) is 12.0. The molecule has 2 aromatic carbocycles. The maximum atomic E-state index is 13.8. The zero-order valence-corrected chi connectivity index (χ0v) is 24.5. The number of rotatable bonds is 9. The maximum Gasteiger partial charge on any atom is 0.434 e. The molecule has 3 aromatic rings. The van der Waals surface area contributed by atoms with E-state index in [0.717, 1.165) is 39.9 Å². The molecule has 42 heavy (non-hydrogen) atoms. The van der Waals surface area contributed by atoms with Gasteiger partial charge in [0, 0.05) is 62.7 Å². The summed E-state index contributed by atoms with van der Waals surface area (Å²) >= 11 is 0. The van der Waals surface area contributed by atoms with Gasteiger partial charge >= 0.3 is 6.09 Å². The van der Waals surface area contributed by atoms with Crippen LogP contribution >= 0.6 is 0 Å². The lowest BCUT2D eigenvalue weighted by atomic mass is 10.1. The molecule has 0 saturated heterocycles. The van der Waals surface area contributed by atoms with Crippen molar-refractivity contribution in [2.75, 3.05) is 63.3 Å². The fourth-order valence-corrected chi connectivity index (χ4v) is 5.96. The molecule has 0 saturated carbocycles. The molecule has 0 atom stereocenters. The number of aromatic nitrogens is 2. The van der Waals surface area contributed by atoms with E-state index in [-0.39, 0.29) is 48.7 Å². The van der Waals surface area contributed by atoms with Crippen LogP contribution in [-0.2, 0) is 27.7 Å². The molecule has 0 bridgehead atoms. The van der Waals surface area contributed by atoms with Gasteiger partial charge in [-0.2, -0.15) is 8.99 Å². The highest BCUT2D eigenvalue weighted by Gasteiger charge is 2.35. The van der Waals surface area contributed by atoms with Crippen LogP contribution in [0.4, 0.5) is 30.8 Å². The van der Waals surface area contributed by atoms with Crippen LogP contribution in [0.1, 0.15) is 28.5 Å². The van der Waals surface area contributed by atoms with Crippen molar-refractivity contribution in [3.05, 3.63) is 64.9 Å². The fourth-order valence-electron chi connectivity index (χ4n) is 4.51. The second kappa shape index (κ2) is 12.4. The average molecular weight is 606 g/mol. The Morgan fingerprint density at radius 3 is 2.40 bits per heavy atom. The first-order valence-corrected chi connectivity index (χ1v) is 14.6. The Bertz CT molecular complexity index is 1590. The van der Waals surface area contributed by atoms with Crippen molar-refractivity contribution in [1.29, 1.82) is 0 Å². The normalized spacial score (nSPS) is 13.6. The van der Waals surface area contributed by atoms with Crippen molar-refractivity contribution < 1.29 is 31.5 Å². The highest BCUT2D eigenvalue weighted by Crippen LogP contribution is 2.31. The van der Waals surface area contributed by atoms with Gasteiger partial charge in [0.1, 0.15) is 11.6 Å². The zero-order valence-electron chi connectivity index (χ0n) is 23.7. The quantitative estimate of drug-likeness (QED) is 0.352. The molecule has 0 fully saturated rings. The van der Waals surface area contributed by atoms with E-state index in [2.05, 4.69) is 10.4 Å². The topological polar surface area (TPSA) is 143 Å². The highest BCUT2D eigenvalue weighted by atomic mass is 32.2. The number of ether oxygens (including phenoxy) is 1. The minimum Gasteiger partial charge on any atom is -0.448 e. The number of carbonyl (C=O) groups is 2. The first kappa shape index (κ1) is 30.9. The highest BCUT2D eigenvalue weighted by molar-refractivity contribution is 7.89. The van der Waals surface area contributed by atoms with Crippen LogP contribution in [-0.4, -0.2) is 86.8 Å². The Morgan fingerprint density at radius 2 is 1.79 bits per heavy atom. The van der Waals surface area contributed by atoms with Gasteiger partial charge in [-0.15, -0.1) is 5.10 Å². The number of benzene rings is 2. The number of nitrogens with two attached hydrogens (primary N) is 1. The van der Waals surface area contributed by atoms with Crippen LogP contribution in [0.3, 0.4) is 0 Å². The predicted octanol–water partition coefficient (Wildman–Crippen LogP) is 2.75. The lowest BCUT2D eigenvalue weighted by Gasteiger charge is -2.27. The number of nitrogen functional groups attached to an aromatic ring is 1. The Morgan fingerprint density at radius 1 is 1.10 bits per heavy atom. The first-order valence-electron chi connectivity index (χ1n) is 13.1. The van der Waals surface area contributed by atoms with Crippen LogP contribution in [0.25, 0.3) is 0 Å². The third-order valence-electron chi connectivity index (χ3n) is 6.77. The minimum absolute atomic E-state index is 0.0180. The Balaban J connectivity index is 1.64. The lowest BCUT2D eigenvalue weighted by molar-refractivity contribution is 0.102. The Kier molecular flexibility index (Phi) is 9.13. The monoisotopic (exact) mass is 605 g/mol. The van der Waals surface area contributed by atoms with E-state index in [0.29, 0.717) is 11.8 Å². The summed E-state index contributed by atoms with van der Waals surface area (Å²) in [5.41, 5.74) is 7.96. The molecular weight excluding hydrogens is 572 g/mol. The molecule has 2 heterocycles. The number of nitrogens with one attached hydrogen (secondary N) is 1. The fraction of sp³-hybridized carbons (Fsp3) is 0.370. The van der Waals surface area contributed by atoms with E-state index in [1.54, 1.807) is 25.1 Å². The number of halogens is 2. The molecule has 0 radical (unpaired) electrons. The number of nitrogens with zero attached hydrogens (tertiary/aromatic N) is 5. The van der Waals surface area contributed by atoms with E-state index in [1.165, 1.54) is 0 Å². The Hall–Kier alpha value is -4.08. The average Bonchev–Trinajstić information content (AvgIpc) is 3.28. The van der Waals surface area contributed by atoms with Crippen molar-refractivity contribution in [1.82, 2.24) is 19.0 Å². The third kappa shape index (κ3) is 6.53. The molecule has 3 N–H and O–H groups in total. The zero-order chi connectivity index (χ0) is 30.8. The molecular formula is C27H33F2N7O5S. The molecule has 0 aliphatic carbocycles. The van der Waals surface area contributed by atoms with E-state index >= 15 is 0 Å². The number of hydrogen-bond acceptors (Lipinski definition) is 9. The van der Waals surface area contributed by atoms with Gasteiger partial charge < -0.3 is 25.6 Å². The van der Waals surface area contributed by atoms with Crippen LogP contribution in [0.2, 0.25) is 0 Å². The van der Waals surface area contributed by atoms with Crippen LogP contribution < -0.4 is 16.0 Å². The van der Waals surface area contributed by atoms with Gasteiger partial charge in [0.25, 0.3) is 5.91 Å². The van der Waals surface area contributed by atoms with Crippen molar-refractivity contribution in [3.8, 4) is 0 Å². The number of hydrogen-bond donors (Lipinski definition) is 2. The third-order valence-corrected chi connectivity index (χ3v) is 8.59. The molecule has 12 nitrogen and oxygen atoms in total.